The van der Waals surface area contributed by atoms with E-state index in [0.29, 0.717) is 17.4 Å². The highest BCUT2D eigenvalue weighted by molar-refractivity contribution is 6.32. The number of nitrogens with two attached hydrogens (primary N) is 1. The van der Waals surface area contributed by atoms with Gasteiger partial charge in [0.05, 0.1) is 5.02 Å². The molecule has 15 heavy (non-hydrogen) atoms. The lowest BCUT2D eigenvalue weighted by Gasteiger charge is -2.13. The molecule has 0 heterocycles. The lowest BCUT2D eigenvalue weighted by Crippen LogP contribution is -2.07. The third kappa shape index (κ3) is 3.26. The molecule has 1 atom stereocenters. The lowest BCUT2D eigenvalue weighted by molar-refractivity contribution is 0.352. The van der Waals surface area contributed by atoms with Crippen LogP contribution in [0, 0.1) is 0 Å². The molecule has 1 aromatic rings. The maximum atomic E-state index is 6.15. The van der Waals surface area contributed by atoms with Crippen molar-refractivity contribution in [3.05, 3.63) is 40.9 Å². The van der Waals surface area contributed by atoms with E-state index < -0.39 is 0 Å². The number of hydrogen-bond acceptors (Lipinski definition) is 2. The minimum atomic E-state index is -0.0918. The topological polar surface area (TPSA) is 35.2 Å². The summed E-state index contributed by atoms with van der Waals surface area (Å²) in [6.07, 6.45) is 0. The van der Waals surface area contributed by atoms with E-state index >= 15 is 0 Å². The molecule has 0 aliphatic carbocycles. The van der Waals surface area contributed by atoms with Crippen LogP contribution in [0.25, 0.3) is 0 Å². The predicted molar refractivity (Wildman–Crippen MR) is 64.4 cm³/mol. The second-order valence-electron chi connectivity index (χ2n) is 3.69. The lowest BCUT2D eigenvalue weighted by atomic mass is 10.1. The molecular weight excluding hydrogens is 210 g/mol. The Morgan fingerprint density at radius 2 is 2.27 bits per heavy atom. The summed E-state index contributed by atoms with van der Waals surface area (Å²) in [6.45, 7) is 8.04. The van der Waals surface area contributed by atoms with Gasteiger partial charge in [-0.2, -0.15) is 0 Å². The molecule has 0 spiro atoms. The van der Waals surface area contributed by atoms with E-state index in [1.54, 1.807) is 0 Å². The van der Waals surface area contributed by atoms with Gasteiger partial charge in [0.2, 0.25) is 0 Å². The van der Waals surface area contributed by atoms with E-state index in [1.165, 1.54) is 0 Å². The van der Waals surface area contributed by atoms with Crippen LogP contribution in [0.4, 0.5) is 0 Å². The summed E-state index contributed by atoms with van der Waals surface area (Å²) in [5.74, 6) is 0.662. The first-order chi connectivity index (χ1) is 7.02. The fourth-order valence-corrected chi connectivity index (χ4v) is 1.54. The Morgan fingerprint density at radius 1 is 1.60 bits per heavy atom. The molecule has 0 aromatic heterocycles. The highest BCUT2D eigenvalue weighted by Crippen LogP contribution is 2.31. The van der Waals surface area contributed by atoms with Crippen LogP contribution in [0.2, 0.25) is 5.02 Å². The zero-order valence-electron chi connectivity index (χ0n) is 9.09. The Hall–Kier alpha value is -0.990. The molecule has 1 aromatic carbocycles. The van der Waals surface area contributed by atoms with Crippen molar-refractivity contribution in [2.45, 2.75) is 19.9 Å². The third-order valence-electron chi connectivity index (χ3n) is 1.96. The molecule has 0 bridgehead atoms. The van der Waals surface area contributed by atoms with Gasteiger partial charge in [-0.3, -0.25) is 0 Å². The molecule has 1 rings (SSSR count). The van der Waals surface area contributed by atoms with Crippen molar-refractivity contribution in [3.63, 3.8) is 0 Å². The normalized spacial score (nSPS) is 12.3. The van der Waals surface area contributed by atoms with Gasteiger partial charge in [-0.25, -0.2) is 0 Å². The minimum Gasteiger partial charge on any atom is -0.488 e. The fourth-order valence-electron chi connectivity index (χ4n) is 1.19. The van der Waals surface area contributed by atoms with Gasteiger partial charge in [-0.05, 0) is 31.1 Å². The number of benzene rings is 1. The van der Waals surface area contributed by atoms with Gasteiger partial charge >= 0.3 is 0 Å². The Balaban J connectivity index is 2.89. The van der Waals surface area contributed by atoms with Crippen LogP contribution in [0.3, 0.4) is 0 Å². The molecule has 0 fully saturated rings. The van der Waals surface area contributed by atoms with Crippen LogP contribution in [0.15, 0.2) is 30.4 Å². The van der Waals surface area contributed by atoms with Crippen molar-refractivity contribution in [2.75, 3.05) is 6.61 Å². The van der Waals surface area contributed by atoms with E-state index in [9.17, 15) is 0 Å². The highest BCUT2D eigenvalue weighted by atomic mass is 35.5. The van der Waals surface area contributed by atoms with Crippen LogP contribution < -0.4 is 10.5 Å². The van der Waals surface area contributed by atoms with Crippen LogP contribution in [0.1, 0.15) is 25.5 Å². The summed E-state index contributed by atoms with van der Waals surface area (Å²) in [4.78, 5) is 0. The molecule has 82 valence electrons. The van der Waals surface area contributed by atoms with Gasteiger partial charge in [-0.15, -0.1) is 0 Å². The molecule has 2 nitrogen and oxygen atoms in total. The molecule has 0 saturated heterocycles. The molecule has 0 aliphatic heterocycles. The molecule has 0 saturated carbocycles. The summed E-state index contributed by atoms with van der Waals surface area (Å²) >= 11 is 6.15. The largest absolute Gasteiger partial charge is 0.488 e. The molecular formula is C12H16ClNO. The predicted octanol–water partition coefficient (Wildman–Crippen LogP) is 3.31. The maximum Gasteiger partial charge on any atom is 0.138 e. The number of ether oxygens (including phenoxy) is 1. The summed E-state index contributed by atoms with van der Waals surface area (Å²) in [7, 11) is 0. The molecule has 1 unspecified atom stereocenters. The minimum absolute atomic E-state index is 0.0918. The first-order valence-electron chi connectivity index (χ1n) is 4.83. The van der Waals surface area contributed by atoms with Gasteiger partial charge in [0.15, 0.2) is 0 Å². The number of halogens is 1. The van der Waals surface area contributed by atoms with E-state index in [2.05, 4.69) is 6.58 Å². The van der Waals surface area contributed by atoms with E-state index in [0.717, 1.165) is 11.1 Å². The Morgan fingerprint density at radius 3 is 2.80 bits per heavy atom. The van der Waals surface area contributed by atoms with E-state index in [4.69, 9.17) is 22.1 Å². The van der Waals surface area contributed by atoms with Crippen LogP contribution in [-0.4, -0.2) is 6.61 Å². The summed E-state index contributed by atoms with van der Waals surface area (Å²) < 4.78 is 5.50. The van der Waals surface area contributed by atoms with Crippen molar-refractivity contribution in [1.82, 2.24) is 0 Å². The second kappa shape index (κ2) is 5.19. The monoisotopic (exact) mass is 225 g/mol. The maximum absolute atomic E-state index is 6.15. The number of hydrogen-bond donors (Lipinski definition) is 1. The van der Waals surface area contributed by atoms with Crippen LogP contribution in [-0.2, 0) is 0 Å². The zero-order chi connectivity index (χ0) is 11.4. The van der Waals surface area contributed by atoms with Crippen molar-refractivity contribution in [3.8, 4) is 5.75 Å². The summed E-state index contributed by atoms with van der Waals surface area (Å²) in [5, 5.41) is 0.591. The average Bonchev–Trinajstić information content (AvgIpc) is 2.15. The molecule has 3 heteroatoms. The van der Waals surface area contributed by atoms with Gasteiger partial charge < -0.3 is 10.5 Å². The van der Waals surface area contributed by atoms with Gasteiger partial charge in [0, 0.05) is 6.04 Å². The molecule has 0 amide bonds. The SMILES string of the molecule is C=C(C)COc1cccc(C(C)N)c1Cl. The Kier molecular flexibility index (Phi) is 4.18. The van der Waals surface area contributed by atoms with Crippen molar-refractivity contribution >= 4 is 11.6 Å². The molecule has 2 N–H and O–H groups in total. The van der Waals surface area contributed by atoms with Crippen molar-refractivity contribution in [1.29, 1.82) is 0 Å². The van der Waals surface area contributed by atoms with Gasteiger partial charge in [-0.1, -0.05) is 30.3 Å². The molecule has 0 aliphatic rings. The van der Waals surface area contributed by atoms with Crippen molar-refractivity contribution < 1.29 is 4.74 Å². The first kappa shape index (κ1) is 12.1. The average molecular weight is 226 g/mol. The Labute approximate surface area is 95.7 Å². The highest BCUT2D eigenvalue weighted by Gasteiger charge is 2.09. The summed E-state index contributed by atoms with van der Waals surface area (Å²) in [5.41, 5.74) is 7.64. The van der Waals surface area contributed by atoms with E-state index in [1.807, 2.05) is 32.0 Å². The van der Waals surface area contributed by atoms with Crippen molar-refractivity contribution in [2.24, 2.45) is 5.73 Å². The van der Waals surface area contributed by atoms with Gasteiger partial charge in [0.25, 0.3) is 0 Å². The van der Waals surface area contributed by atoms with Gasteiger partial charge in [0.1, 0.15) is 12.4 Å². The molecule has 0 radical (unpaired) electrons. The van der Waals surface area contributed by atoms with Crippen LogP contribution >= 0.6 is 11.6 Å². The van der Waals surface area contributed by atoms with Crippen LogP contribution in [0.5, 0.6) is 5.75 Å². The first-order valence-corrected chi connectivity index (χ1v) is 5.21. The standard InChI is InChI=1S/C12H16ClNO/c1-8(2)7-15-11-6-4-5-10(9(3)14)12(11)13/h4-6,9H,1,7,14H2,2-3H3. The zero-order valence-corrected chi connectivity index (χ0v) is 9.84. The van der Waals surface area contributed by atoms with E-state index in [-0.39, 0.29) is 6.04 Å². The fraction of sp³-hybridized carbons (Fsp3) is 0.333. The third-order valence-corrected chi connectivity index (χ3v) is 2.36. The Bertz CT molecular complexity index is 361. The summed E-state index contributed by atoms with van der Waals surface area (Å²) in [6, 6.07) is 5.53. The number of rotatable bonds is 4. The second-order valence-corrected chi connectivity index (χ2v) is 4.07. The quantitative estimate of drug-likeness (QED) is 0.798. The smallest absolute Gasteiger partial charge is 0.138 e.